The van der Waals surface area contributed by atoms with Gasteiger partial charge in [-0.05, 0) is 47.5 Å². The maximum absolute atomic E-state index is 12.2. The Kier molecular flexibility index (Phi) is 9.93. The van der Waals surface area contributed by atoms with Crippen molar-refractivity contribution in [2.75, 3.05) is 14.2 Å². The van der Waals surface area contributed by atoms with Crippen LogP contribution in [0.5, 0.6) is 23.0 Å². The number of esters is 2. The van der Waals surface area contributed by atoms with Crippen molar-refractivity contribution in [2.24, 2.45) is 0 Å². The molecule has 0 radical (unpaired) electrons. The van der Waals surface area contributed by atoms with Gasteiger partial charge in [-0.15, -0.1) is 0 Å². The molecule has 2 aromatic carbocycles. The SMILES string of the molecule is C=CC(=O)Oc1ccc(/C=C/C(=O)CC(=O)/C=C/c2ccc(OC(=O)C=C)c(OC)c2)cc1OC. The minimum atomic E-state index is -0.626. The molecular formula is C27H24O8. The van der Waals surface area contributed by atoms with Crippen molar-refractivity contribution in [1.82, 2.24) is 0 Å². The molecule has 0 bridgehead atoms. The lowest BCUT2D eigenvalue weighted by molar-refractivity contribution is -0.130. The molecule has 180 valence electrons. The lowest BCUT2D eigenvalue weighted by Crippen LogP contribution is -2.04. The van der Waals surface area contributed by atoms with Gasteiger partial charge in [0.25, 0.3) is 0 Å². The molecule has 0 spiro atoms. The molecule has 0 amide bonds. The van der Waals surface area contributed by atoms with Gasteiger partial charge in [-0.1, -0.05) is 37.4 Å². The molecule has 0 saturated heterocycles. The van der Waals surface area contributed by atoms with Gasteiger partial charge < -0.3 is 18.9 Å². The van der Waals surface area contributed by atoms with Gasteiger partial charge in [-0.25, -0.2) is 9.59 Å². The van der Waals surface area contributed by atoms with Crippen LogP contribution in [0, 0.1) is 0 Å². The Hall–Kier alpha value is -4.72. The van der Waals surface area contributed by atoms with Crippen LogP contribution in [0.1, 0.15) is 17.5 Å². The highest BCUT2D eigenvalue weighted by atomic mass is 16.6. The predicted octanol–water partition coefficient (Wildman–Crippen LogP) is 4.14. The molecule has 2 rings (SSSR count). The fourth-order valence-electron chi connectivity index (χ4n) is 2.71. The summed E-state index contributed by atoms with van der Waals surface area (Å²) >= 11 is 0. The summed E-state index contributed by atoms with van der Waals surface area (Å²) in [6, 6.07) is 9.47. The van der Waals surface area contributed by atoms with E-state index in [1.54, 1.807) is 24.3 Å². The van der Waals surface area contributed by atoms with E-state index in [4.69, 9.17) is 18.9 Å². The van der Waals surface area contributed by atoms with E-state index in [2.05, 4.69) is 13.2 Å². The zero-order valence-electron chi connectivity index (χ0n) is 19.3. The van der Waals surface area contributed by atoms with E-state index in [0.29, 0.717) is 22.6 Å². The average Bonchev–Trinajstić information content (AvgIpc) is 2.87. The summed E-state index contributed by atoms with van der Waals surface area (Å²) in [5, 5.41) is 0. The molecule has 0 aliphatic carbocycles. The minimum Gasteiger partial charge on any atom is -0.493 e. The number of benzene rings is 2. The van der Waals surface area contributed by atoms with Crippen molar-refractivity contribution in [1.29, 1.82) is 0 Å². The molecule has 2 aromatic rings. The van der Waals surface area contributed by atoms with Crippen LogP contribution in [0.3, 0.4) is 0 Å². The largest absolute Gasteiger partial charge is 0.493 e. The fourth-order valence-corrected chi connectivity index (χ4v) is 2.71. The van der Waals surface area contributed by atoms with Gasteiger partial charge in [-0.3, -0.25) is 9.59 Å². The van der Waals surface area contributed by atoms with E-state index in [1.165, 1.54) is 50.7 Å². The molecular weight excluding hydrogens is 452 g/mol. The summed E-state index contributed by atoms with van der Waals surface area (Å²) in [5.74, 6) is -1.02. The third-order valence-corrected chi connectivity index (χ3v) is 4.40. The predicted molar refractivity (Wildman–Crippen MR) is 130 cm³/mol. The van der Waals surface area contributed by atoms with Crippen LogP contribution in [0.15, 0.2) is 73.9 Å². The van der Waals surface area contributed by atoms with Crippen molar-refractivity contribution in [3.05, 3.63) is 85.0 Å². The van der Waals surface area contributed by atoms with Gasteiger partial charge in [-0.2, -0.15) is 0 Å². The Balaban J connectivity index is 2.00. The standard InChI is InChI=1S/C27H24O8/c1-5-26(30)34-22-13-9-18(15-24(22)32-3)7-11-20(28)17-21(29)12-8-19-10-14-23(25(16-19)33-4)35-27(31)6-2/h5-16H,1-2,17H2,3-4H3/b11-7+,12-8+. The number of rotatable bonds is 12. The summed E-state index contributed by atoms with van der Waals surface area (Å²) in [4.78, 5) is 47.1. The fraction of sp³-hybridized carbons (Fsp3) is 0.111. The summed E-state index contributed by atoms with van der Waals surface area (Å²) in [5.41, 5.74) is 1.22. The van der Waals surface area contributed by atoms with Crippen LogP contribution in [-0.2, 0) is 19.2 Å². The monoisotopic (exact) mass is 476 g/mol. The van der Waals surface area contributed by atoms with Crippen LogP contribution in [0.2, 0.25) is 0 Å². The Morgan fingerprint density at radius 1 is 0.686 bits per heavy atom. The molecule has 8 heteroatoms. The number of ether oxygens (including phenoxy) is 4. The maximum atomic E-state index is 12.2. The maximum Gasteiger partial charge on any atom is 0.335 e. The Labute approximate surface area is 202 Å². The molecule has 0 unspecified atom stereocenters. The lowest BCUT2D eigenvalue weighted by Gasteiger charge is -2.08. The van der Waals surface area contributed by atoms with E-state index < -0.39 is 23.5 Å². The van der Waals surface area contributed by atoms with E-state index >= 15 is 0 Å². The van der Waals surface area contributed by atoms with Gasteiger partial charge in [0.15, 0.2) is 34.6 Å². The quantitative estimate of drug-likeness (QED) is 0.195. The number of carbonyl (C=O) groups is 4. The molecule has 0 atom stereocenters. The second-order valence-electron chi connectivity index (χ2n) is 6.85. The van der Waals surface area contributed by atoms with Gasteiger partial charge in [0.05, 0.1) is 20.6 Å². The minimum absolute atomic E-state index is 0.213. The molecule has 0 fully saturated rings. The van der Waals surface area contributed by atoms with E-state index in [9.17, 15) is 19.2 Å². The third kappa shape index (κ3) is 8.29. The van der Waals surface area contributed by atoms with E-state index in [0.717, 1.165) is 12.2 Å². The van der Waals surface area contributed by atoms with Crippen LogP contribution in [0.4, 0.5) is 0 Å². The third-order valence-electron chi connectivity index (χ3n) is 4.40. The van der Waals surface area contributed by atoms with Gasteiger partial charge in [0.1, 0.15) is 0 Å². The Bertz CT molecular complexity index is 1110. The van der Waals surface area contributed by atoms with Crippen molar-refractivity contribution in [3.63, 3.8) is 0 Å². The molecule has 8 nitrogen and oxygen atoms in total. The van der Waals surface area contributed by atoms with Crippen LogP contribution in [-0.4, -0.2) is 37.7 Å². The number of methoxy groups -OCH3 is 2. The number of allylic oxidation sites excluding steroid dienone is 2. The van der Waals surface area contributed by atoms with Crippen LogP contribution >= 0.6 is 0 Å². The van der Waals surface area contributed by atoms with Gasteiger partial charge in [0, 0.05) is 12.2 Å². The molecule has 0 saturated carbocycles. The topological polar surface area (TPSA) is 105 Å². The molecule has 0 heterocycles. The smallest absolute Gasteiger partial charge is 0.335 e. The molecule has 35 heavy (non-hydrogen) atoms. The summed E-state index contributed by atoms with van der Waals surface area (Å²) < 4.78 is 20.5. The average molecular weight is 476 g/mol. The first-order valence-corrected chi connectivity index (χ1v) is 10.3. The summed E-state index contributed by atoms with van der Waals surface area (Å²) in [6.07, 6.45) is 7.34. The number of carbonyl (C=O) groups excluding carboxylic acids is 4. The molecule has 0 N–H and O–H groups in total. The van der Waals surface area contributed by atoms with Crippen molar-refractivity contribution in [2.45, 2.75) is 6.42 Å². The van der Waals surface area contributed by atoms with Gasteiger partial charge in [0.2, 0.25) is 0 Å². The van der Waals surface area contributed by atoms with Crippen LogP contribution in [0.25, 0.3) is 12.2 Å². The zero-order chi connectivity index (χ0) is 25.8. The number of hydrogen-bond acceptors (Lipinski definition) is 8. The molecule has 0 aromatic heterocycles. The number of hydrogen-bond donors (Lipinski definition) is 0. The van der Waals surface area contributed by atoms with Gasteiger partial charge >= 0.3 is 11.9 Å². The highest BCUT2D eigenvalue weighted by Gasteiger charge is 2.10. The molecule has 0 aliphatic heterocycles. The van der Waals surface area contributed by atoms with Crippen LogP contribution < -0.4 is 18.9 Å². The van der Waals surface area contributed by atoms with Crippen molar-refractivity contribution < 1.29 is 38.1 Å². The Morgan fingerprint density at radius 3 is 1.43 bits per heavy atom. The first-order chi connectivity index (χ1) is 16.8. The summed E-state index contributed by atoms with van der Waals surface area (Å²) in [7, 11) is 2.84. The van der Waals surface area contributed by atoms with E-state index in [-0.39, 0.29) is 17.9 Å². The first-order valence-electron chi connectivity index (χ1n) is 10.3. The van der Waals surface area contributed by atoms with E-state index in [1.807, 2.05) is 0 Å². The van der Waals surface area contributed by atoms with Crippen molar-refractivity contribution >= 4 is 35.7 Å². The highest BCUT2D eigenvalue weighted by molar-refractivity contribution is 6.10. The normalized spacial score (nSPS) is 10.6. The first kappa shape index (κ1) is 26.5. The lowest BCUT2D eigenvalue weighted by atomic mass is 10.1. The summed E-state index contributed by atoms with van der Waals surface area (Å²) in [6.45, 7) is 6.67. The highest BCUT2D eigenvalue weighted by Crippen LogP contribution is 2.29. The van der Waals surface area contributed by atoms with Crippen molar-refractivity contribution in [3.8, 4) is 23.0 Å². The zero-order valence-corrected chi connectivity index (χ0v) is 19.3. The second-order valence-corrected chi connectivity index (χ2v) is 6.85. The number of ketones is 2. The molecule has 0 aliphatic rings. The second kappa shape index (κ2) is 13.1. The Morgan fingerprint density at radius 2 is 1.09 bits per heavy atom.